The molecule has 0 radical (unpaired) electrons. The number of benzene rings is 1. The summed E-state index contributed by atoms with van der Waals surface area (Å²) >= 11 is 0. The lowest BCUT2D eigenvalue weighted by Crippen LogP contribution is -2.38. The van der Waals surface area contributed by atoms with Gasteiger partial charge in [0.1, 0.15) is 4.90 Å². The zero-order chi connectivity index (χ0) is 17.0. The monoisotopic (exact) mass is 342 g/mol. The van der Waals surface area contributed by atoms with Crippen molar-refractivity contribution in [2.24, 2.45) is 0 Å². The van der Waals surface area contributed by atoms with E-state index in [1.54, 1.807) is 13.0 Å². The normalized spacial score (nSPS) is 17.0. The molecule has 1 saturated heterocycles. The first-order valence-corrected chi connectivity index (χ1v) is 9.06. The van der Waals surface area contributed by atoms with Crippen molar-refractivity contribution < 1.29 is 23.1 Å². The second-order valence-corrected chi connectivity index (χ2v) is 7.20. The van der Waals surface area contributed by atoms with E-state index < -0.39 is 16.0 Å². The molecule has 1 fully saturated rings. The van der Waals surface area contributed by atoms with E-state index in [0.29, 0.717) is 38.4 Å². The molecule has 128 valence electrons. The number of nitrogens with one attached hydrogen (secondary N) is 1. The van der Waals surface area contributed by atoms with Crippen LogP contribution in [0, 0.1) is 0 Å². The molecule has 1 aromatic rings. The first kappa shape index (κ1) is 17.7. The van der Waals surface area contributed by atoms with Gasteiger partial charge in [-0.1, -0.05) is 6.92 Å². The third kappa shape index (κ3) is 4.21. The summed E-state index contributed by atoms with van der Waals surface area (Å²) in [5, 5.41) is 9.16. The lowest BCUT2D eigenvalue weighted by Gasteiger charge is -2.30. The molecule has 2 rings (SSSR count). The van der Waals surface area contributed by atoms with E-state index >= 15 is 0 Å². The van der Waals surface area contributed by atoms with Crippen molar-refractivity contribution in [1.29, 1.82) is 0 Å². The predicted molar refractivity (Wildman–Crippen MR) is 86.5 cm³/mol. The highest BCUT2D eigenvalue weighted by Gasteiger charge is 2.25. The molecule has 1 unspecified atom stereocenters. The fraction of sp³-hybridized carbons (Fsp3) is 0.533. The largest absolute Gasteiger partial charge is 0.478 e. The molecule has 0 aliphatic carbocycles. The van der Waals surface area contributed by atoms with Gasteiger partial charge in [0.2, 0.25) is 10.0 Å². The number of aromatic carboxylic acids is 1. The van der Waals surface area contributed by atoms with E-state index in [-0.39, 0.29) is 16.5 Å². The van der Waals surface area contributed by atoms with Crippen LogP contribution in [0.2, 0.25) is 0 Å². The average Bonchev–Trinajstić information content (AvgIpc) is 2.54. The fourth-order valence-electron chi connectivity index (χ4n) is 2.34. The molecule has 0 bridgehead atoms. The number of rotatable bonds is 6. The van der Waals surface area contributed by atoms with E-state index in [0.717, 1.165) is 0 Å². The predicted octanol–water partition coefficient (Wildman–Crippen LogP) is 1.30. The van der Waals surface area contributed by atoms with Gasteiger partial charge < -0.3 is 14.7 Å². The molecule has 1 atom stereocenters. The summed E-state index contributed by atoms with van der Waals surface area (Å²) in [5.74, 6) is -1.15. The standard InChI is InChI=1S/C15H22N2O5S/c1-3-11(2)16-23(20,21)14-10-12(15(18)19)4-5-13(14)17-6-8-22-9-7-17/h4-5,10-11,16H,3,6-9H2,1-2H3,(H,18,19). The van der Waals surface area contributed by atoms with Gasteiger partial charge in [0, 0.05) is 19.1 Å². The SMILES string of the molecule is CCC(C)NS(=O)(=O)c1cc(C(=O)O)ccc1N1CCOCC1. The molecular formula is C15H22N2O5S. The number of hydrogen-bond donors (Lipinski definition) is 2. The van der Waals surface area contributed by atoms with Crippen LogP contribution in [-0.2, 0) is 14.8 Å². The molecule has 1 aromatic carbocycles. The highest BCUT2D eigenvalue weighted by molar-refractivity contribution is 7.89. The van der Waals surface area contributed by atoms with Crippen molar-refractivity contribution in [2.45, 2.75) is 31.2 Å². The minimum atomic E-state index is -3.80. The lowest BCUT2D eigenvalue weighted by molar-refractivity contribution is 0.0696. The molecule has 0 spiro atoms. The van der Waals surface area contributed by atoms with Crippen LogP contribution in [-0.4, -0.2) is 51.8 Å². The number of ether oxygens (including phenoxy) is 1. The van der Waals surface area contributed by atoms with E-state index in [2.05, 4.69) is 4.72 Å². The molecule has 0 aromatic heterocycles. The highest BCUT2D eigenvalue weighted by atomic mass is 32.2. The maximum Gasteiger partial charge on any atom is 0.335 e. The van der Waals surface area contributed by atoms with Crippen molar-refractivity contribution in [3.63, 3.8) is 0 Å². The summed E-state index contributed by atoms with van der Waals surface area (Å²) in [6.07, 6.45) is 0.644. The van der Waals surface area contributed by atoms with Gasteiger partial charge in [-0.2, -0.15) is 0 Å². The Labute approximate surface area is 136 Å². The Morgan fingerprint density at radius 1 is 1.39 bits per heavy atom. The van der Waals surface area contributed by atoms with Crippen LogP contribution < -0.4 is 9.62 Å². The van der Waals surface area contributed by atoms with Crippen LogP contribution in [0.15, 0.2) is 23.1 Å². The number of carboxylic acids is 1. The molecule has 8 heteroatoms. The van der Waals surface area contributed by atoms with Crippen molar-refractivity contribution >= 4 is 21.7 Å². The first-order chi connectivity index (χ1) is 10.8. The third-order valence-corrected chi connectivity index (χ3v) is 5.44. The molecule has 0 saturated carbocycles. The molecule has 7 nitrogen and oxygen atoms in total. The smallest absolute Gasteiger partial charge is 0.335 e. The highest BCUT2D eigenvalue weighted by Crippen LogP contribution is 2.27. The van der Waals surface area contributed by atoms with Crippen molar-refractivity contribution in [3.8, 4) is 0 Å². The zero-order valence-corrected chi connectivity index (χ0v) is 14.1. The Hall–Kier alpha value is -1.64. The molecular weight excluding hydrogens is 320 g/mol. The van der Waals surface area contributed by atoms with Crippen LogP contribution in [0.25, 0.3) is 0 Å². The minimum absolute atomic E-state index is 0.000370. The van der Waals surface area contributed by atoms with Crippen molar-refractivity contribution in [1.82, 2.24) is 4.72 Å². The lowest BCUT2D eigenvalue weighted by atomic mass is 10.2. The molecule has 0 amide bonds. The summed E-state index contributed by atoms with van der Waals surface area (Å²) < 4.78 is 33.2. The number of nitrogens with zero attached hydrogens (tertiary/aromatic N) is 1. The Bertz CT molecular complexity index is 668. The topological polar surface area (TPSA) is 95.9 Å². The van der Waals surface area contributed by atoms with Gasteiger partial charge in [-0.25, -0.2) is 17.9 Å². The van der Waals surface area contributed by atoms with Gasteiger partial charge in [-0.15, -0.1) is 0 Å². The number of sulfonamides is 1. The van der Waals surface area contributed by atoms with Gasteiger partial charge in [0.25, 0.3) is 0 Å². The van der Waals surface area contributed by atoms with Crippen LogP contribution in [0.5, 0.6) is 0 Å². The van der Waals surface area contributed by atoms with Crippen LogP contribution in [0.1, 0.15) is 30.6 Å². The zero-order valence-electron chi connectivity index (χ0n) is 13.3. The van der Waals surface area contributed by atoms with Crippen molar-refractivity contribution in [2.75, 3.05) is 31.2 Å². The van der Waals surface area contributed by atoms with Gasteiger partial charge in [-0.05, 0) is 31.5 Å². The summed E-state index contributed by atoms with van der Waals surface area (Å²) in [5.41, 5.74) is 0.459. The Kier molecular flexibility index (Phi) is 5.61. The minimum Gasteiger partial charge on any atom is -0.478 e. The summed E-state index contributed by atoms with van der Waals surface area (Å²) in [6, 6.07) is 3.97. The maximum absolute atomic E-state index is 12.7. The van der Waals surface area contributed by atoms with Gasteiger partial charge in [-0.3, -0.25) is 0 Å². The molecule has 1 aliphatic heterocycles. The number of morpholine rings is 1. The van der Waals surface area contributed by atoms with Crippen molar-refractivity contribution in [3.05, 3.63) is 23.8 Å². The number of anilines is 1. The Morgan fingerprint density at radius 2 is 2.04 bits per heavy atom. The van der Waals surface area contributed by atoms with E-state index in [1.165, 1.54) is 12.1 Å². The van der Waals surface area contributed by atoms with Gasteiger partial charge >= 0.3 is 5.97 Å². The van der Waals surface area contributed by atoms with Gasteiger partial charge in [0.15, 0.2) is 0 Å². The molecule has 1 aliphatic rings. The third-order valence-electron chi connectivity index (χ3n) is 3.82. The number of carboxylic acid groups (broad SMARTS) is 1. The fourth-order valence-corrected chi connectivity index (χ4v) is 3.92. The summed E-state index contributed by atoms with van der Waals surface area (Å²) in [7, 11) is -3.80. The summed E-state index contributed by atoms with van der Waals surface area (Å²) in [4.78, 5) is 13.1. The van der Waals surface area contributed by atoms with E-state index in [4.69, 9.17) is 9.84 Å². The average molecular weight is 342 g/mol. The molecule has 1 heterocycles. The number of carbonyl (C=O) groups is 1. The second-order valence-electron chi connectivity index (χ2n) is 5.52. The van der Waals surface area contributed by atoms with Crippen LogP contribution in [0.3, 0.4) is 0 Å². The summed E-state index contributed by atoms with van der Waals surface area (Å²) in [6.45, 7) is 5.81. The Balaban J connectivity index is 2.48. The Morgan fingerprint density at radius 3 is 2.61 bits per heavy atom. The second kappa shape index (κ2) is 7.29. The molecule has 23 heavy (non-hydrogen) atoms. The van der Waals surface area contributed by atoms with E-state index in [9.17, 15) is 13.2 Å². The van der Waals surface area contributed by atoms with Gasteiger partial charge in [0.05, 0.1) is 24.5 Å². The van der Waals surface area contributed by atoms with Crippen LogP contribution in [0.4, 0.5) is 5.69 Å². The first-order valence-electron chi connectivity index (χ1n) is 7.57. The molecule has 2 N–H and O–H groups in total. The van der Waals surface area contributed by atoms with Crippen LogP contribution >= 0.6 is 0 Å². The number of hydrogen-bond acceptors (Lipinski definition) is 5. The maximum atomic E-state index is 12.7. The van der Waals surface area contributed by atoms with E-state index in [1.807, 2.05) is 11.8 Å². The quantitative estimate of drug-likeness (QED) is 0.809.